The van der Waals surface area contributed by atoms with Gasteiger partial charge in [-0.2, -0.15) is 0 Å². The second-order valence-corrected chi connectivity index (χ2v) is 8.71. The van der Waals surface area contributed by atoms with E-state index in [2.05, 4.69) is 10.9 Å². The Morgan fingerprint density at radius 2 is 1.85 bits per heavy atom. The smallest absolute Gasteiger partial charge is 0.319 e. The van der Waals surface area contributed by atoms with Gasteiger partial charge in [-0.1, -0.05) is 23.7 Å². The number of halogens is 1. The lowest BCUT2D eigenvalue weighted by Gasteiger charge is -2.33. The quantitative estimate of drug-likeness (QED) is 0.652. The van der Waals surface area contributed by atoms with Crippen LogP contribution in [0, 0.1) is 12.8 Å². The molecule has 0 saturated carbocycles. The molecule has 1 heterocycles. The second kappa shape index (κ2) is 11.0. The summed E-state index contributed by atoms with van der Waals surface area (Å²) < 4.78 is 5.77. The molecule has 33 heavy (non-hydrogen) atoms. The number of aryl methyl sites for hydroxylation is 1. The molecule has 0 aliphatic carbocycles. The lowest BCUT2D eigenvalue weighted by atomic mass is 9.97. The zero-order valence-electron chi connectivity index (χ0n) is 19.1. The summed E-state index contributed by atoms with van der Waals surface area (Å²) in [5.41, 5.74) is 7.19. The van der Waals surface area contributed by atoms with Gasteiger partial charge in [-0.05, 0) is 61.2 Å². The van der Waals surface area contributed by atoms with Crippen LogP contribution in [0.4, 0.5) is 4.79 Å². The first-order valence-corrected chi connectivity index (χ1v) is 11.2. The Morgan fingerprint density at radius 1 is 1.12 bits per heavy atom. The summed E-state index contributed by atoms with van der Waals surface area (Å²) in [7, 11) is 3.37. The lowest BCUT2D eigenvalue weighted by molar-refractivity contribution is -0.127. The average molecular weight is 473 g/mol. The highest BCUT2D eigenvalue weighted by Gasteiger charge is 2.29. The molecule has 1 atom stereocenters. The SMILES string of the molecule is Cc1cc(OCc2ccc(C(=O)NNC(=O)[C@H]3CCCN(C(=O)N(C)C)C3)cc2)ccc1Cl. The summed E-state index contributed by atoms with van der Waals surface area (Å²) in [4.78, 5) is 40.2. The minimum absolute atomic E-state index is 0.119. The van der Waals surface area contributed by atoms with Crippen molar-refractivity contribution in [2.75, 3.05) is 27.2 Å². The summed E-state index contributed by atoms with van der Waals surface area (Å²) >= 11 is 6.03. The normalized spacial score (nSPS) is 15.5. The number of hydrogen-bond donors (Lipinski definition) is 2. The summed E-state index contributed by atoms with van der Waals surface area (Å²) in [6, 6.07) is 12.3. The van der Waals surface area contributed by atoms with Gasteiger partial charge in [0.15, 0.2) is 0 Å². The maximum Gasteiger partial charge on any atom is 0.319 e. The number of urea groups is 1. The van der Waals surface area contributed by atoms with Crippen molar-refractivity contribution in [2.45, 2.75) is 26.4 Å². The molecule has 2 aromatic rings. The van der Waals surface area contributed by atoms with E-state index >= 15 is 0 Å². The molecule has 0 spiro atoms. The third-order valence-corrected chi connectivity index (χ3v) is 5.92. The van der Waals surface area contributed by atoms with Crippen LogP contribution in [0.1, 0.15) is 34.3 Å². The molecule has 2 aromatic carbocycles. The fraction of sp³-hybridized carbons (Fsp3) is 0.375. The number of likely N-dealkylation sites (tertiary alicyclic amines) is 1. The molecule has 1 aliphatic rings. The van der Waals surface area contributed by atoms with Crippen molar-refractivity contribution < 1.29 is 19.1 Å². The molecule has 176 valence electrons. The summed E-state index contributed by atoms with van der Waals surface area (Å²) in [6.45, 7) is 3.22. The second-order valence-electron chi connectivity index (χ2n) is 8.30. The van der Waals surface area contributed by atoms with Gasteiger partial charge in [-0.15, -0.1) is 0 Å². The van der Waals surface area contributed by atoms with Gasteiger partial charge in [0.1, 0.15) is 12.4 Å². The van der Waals surface area contributed by atoms with Crippen LogP contribution < -0.4 is 15.6 Å². The van der Waals surface area contributed by atoms with Gasteiger partial charge in [0.05, 0.1) is 5.92 Å². The van der Waals surface area contributed by atoms with Gasteiger partial charge >= 0.3 is 6.03 Å². The molecule has 9 heteroatoms. The molecule has 0 aromatic heterocycles. The minimum atomic E-state index is -0.416. The predicted molar refractivity (Wildman–Crippen MR) is 126 cm³/mol. The Kier molecular flexibility index (Phi) is 8.16. The van der Waals surface area contributed by atoms with Gasteiger partial charge in [0.2, 0.25) is 5.91 Å². The van der Waals surface area contributed by atoms with Crippen LogP contribution in [0.15, 0.2) is 42.5 Å². The number of hydrogen-bond acceptors (Lipinski definition) is 4. The van der Waals surface area contributed by atoms with Crippen LogP contribution in [0.5, 0.6) is 5.75 Å². The van der Waals surface area contributed by atoms with Crippen LogP contribution >= 0.6 is 11.6 Å². The van der Waals surface area contributed by atoms with Crippen molar-refractivity contribution in [2.24, 2.45) is 5.92 Å². The van der Waals surface area contributed by atoms with Crippen molar-refractivity contribution in [1.82, 2.24) is 20.7 Å². The van der Waals surface area contributed by atoms with E-state index in [0.717, 1.165) is 23.3 Å². The molecule has 0 radical (unpaired) electrons. The van der Waals surface area contributed by atoms with Crippen LogP contribution in [0.3, 0.4) is 0 Å². The third-order valence-electron chi connectivity index (χ3n) is 5.50. The van der Waals surface area contributed by atoms with E-state index < -0.39 is 5.91 Å². The van der Waals surface area contributed by atoms with E-state index in [9.17, 15) is 14.4 Å². The molecule has 8 nitrogen and oxygen atoms in total. The number of piperidine rings is 1. The largest absolute Gasteiger partial charge is 0.489 e. The van der Waals surface area contributed by atoms with Crippen molar-refractivity contribution in [3.8, 4) is 5.75 Å². The number of nitrogens with zero attached hydrogens (tertiary/aromatic N) is 2. The molecular weight excluding hydrogens is 444 g/mol. The number of ether oxygens (including phenoxy) is 1. The first-order valence-electron chi connectivity index (χ1n) is 10.8. The zero-order valence-corrected chi connectivity index (χ0v) is 19.8. The summed E-state index contributed by atoms with van der Waals surface area (Å²) in [5.74, 6) is -0.363. The Morgan fingerprint density at radius 3 is 2.52 bits per heavy atom. The number of hydrazine groups is 1. The van der Waals surface area contributed by atoms with Gasteiger partial charge < -0.3 is 14.5 Å². The molecule has 2 N–H and O–H groups in total. The molecule has 0 unspecified atom stereocenters. The minimum Gasteiger partial charge on any atom is -0.489 e. The highest BCUT2D eigenvalue weighted by Crippen LogP contribution is 2.22. The number of rotatable bonds is 5. The number of carbonyl (C=O) groups is 3. The maximum atomic E-state index is 12.5. The Balaban J connectivity index is 1.47. The Labute approximate surface area is 198 Å². The van der Waals surface area contributed by atoms with Gasteiger partial charge in [0.25, 0.3) is 5.91 Å². The van der Waals surface area contributed by atoms with Crippen LogP contribution in [-0.2, 0) is 11.4 Å². The molecule has 3 rings (SSSR count). The van der Waals surface area contributed by atoms with E-state index in [1.54, 1.807) is 49.3 Å². The van der Waals surface area contributed by atoms with Crippen molar-refractivity contribution >= 4 is 29.4 Å². The van der Waals surface area contributed by atoms with Crippen LogP contribution in [-0.4, -0.2) is 54.8 Å². The molecule has 1 aliphatic heterocycles. The molecule has 0 bridgehead atoms. The molecule has 1 fully saturated rings. The van der Waals surface area contributed by atoms with E-state index in [1.165, 1.54) is 4.90 Å². The summed E-state index contributed by atoms with van der Waals surface area (Å²) in [5, 5.41) is 0.688. The van der Waals surface area contributed by atoms with Crippen LogP contribution in [0.2, 0.25) is 5.02 Å². The number of carbonyl (C=O) groups excluding carboxylic acids is 3. The topological polar surface area (TPSA) is 91.0 Å². The summed E-state index contributed by atoms with van der Waals surface area (Å²) in [6.07, 6.45) is 1.41. The van der Waals surface area contributed by atoms with E-state index in [0.29, 0.717) is 36.7 Å². The molecular formula is C24H29ClN4O4. The standard InChI is InChI=1S/C24H29ClN4O4/c1-16-13-20(10-11-21(16)25)33-15-17-6-8-18(9-7-17)22(30)26-27-23(31)19-5-4-12-29(14-19)24(32)28(2)3/h6-11,13,19H,4-5,12,14-15H2,1-3H3,(H,26,30)(H,27,31)/t19-/m0/s1. The van der Waals surface area contributed by atoms with Gasteiger partial charge in [-0.25, -0.2) is 4.79 Å². The predicted octanol–water partition coefficient (Wildman–Crippen LogP) is 3.38. The van der Waals surface area contributed by atoms with E-state index in [4.69, 9.17) is 16.3 Å². The van der Waals surface area contributed by atoms with Crippen molar-refractivity contribution in [3.63, 3.8) is 0 Å². The highest BCUT2D eigenvalue weighted by molar-refractivity contribution is 6.31. The van der Waals surface area contributed by atoms with Gasteiger partial charge in [-0.3, -0.25) is 20.4 Å². The fourth-order valence-corrected chi connectivity index (χ4v) is 3.68. The number of nitrogens with one attached hydrogen (secondary N) is 2. The average Bonchev–Trinajstić information content (AvgIpc) is 2.82. The Bertz CT molecular complexity index is 1010. The Hall–Kier alpha value is -3.26. The lowest BCUT2D eigenvalue weighted by Crippen LogP contribution is -2.51. The fourth-order valence-electron chi connectivity index (χ4n) is 3.57. The van der Waals surface area contributed by atoms with Crippen molar-refractivity contribution in [1.29, 1.82) is 0 Å². The van der Waals surface area contributed by atoms with Crippen LogP contribution in [0.25, 0.3) is 0 Å². The first kappa shape index (κ1) is 24.4. The first-order chi connectivity index (χ1) is 15.7. The maximum absolute atomic E-state index is 12.5. The highest BCUT2D eigenvalue weighted by atomic mass is 35.5. The monoisotopic (exact) mass is 472 g/mol. The number of benzene rings is 2. The van der Waals surface area contributed by atoms with Gasteiger partial charge in [0, 0.05) is 37.8 Å². The third kappa shape index (κ3) is 6.61. The van der Waals surface area contributed by atoms with E-state index in [-0.39, 0.29) is 17.9 Å². The number of amides is 4. The van der Waals surface area contributed by atoms with E-state index in [1.807, 2.05) is 19.1 Å². The zero-order chi connectivity index (χ0) is 24.0. The molecule has 1 saturated heterocycles. The molecule has 4 amide bonds. The van der Waals surface area contributed by atoms with Crippen molar-refractivity contribution in [3.05, 3.63) is 64.2 Å².